The van der Waals surface area contributed by atoms with Crippen molar-refractivity contribution in [2.45, 2.75) is 71.8 Å². The first-order valence-electron chi connectivity index (χ1n) is 8.64. The minimum absolute atomic E-state index is 0.0585. The van der Waals surface area contributed by atoms with E-state index >= 15 is 0 Å². The SMILES string of the molecule is CCOC(=O)C(NC(=O)CC1(CN)CCCCC1)C(C)CC. The number of amides is 1. The summed E-state index contributed by atoms with van der Waals surface area (Å²) in [7, 11) is 0. The van der Waals surface area contributed by atoms with E-state index in [0.717, 1.165) is 32.1 Å². The van der Waals surface area contributed by atoms with E-state index in [4.69, 9.17) is 10.5 Å². The highest BCUT2D eigenvalue weighted by Gasteiger charge is 2.35. The van der Waals surface area contributed by atoms with Gasteiger partial charge in [-0.25, -0.2) is 4.79 Å². The van der Waals surface area contributed by atoms with Crippen LogP contribution in [0.1, 0.15) is 65.7 Å². The zero-order chi connectivity index (χ0) is 16.6. The summed E-state index contributed by atoms with van der Waals surface area (Å²) in [5, 5.41) is 2.89. The molecule has 128 valence electrons. The third-order valence-corrected chi connectivity index (χ3v) is 4.95. The van der Waals surface area contributed by atoms with Gasteiger partial charge in [0.15, 0.2) is 0 Å². The van der Waals surface area contributed by atoms with Crippen LogP contribution in [0.4, 0.5) is 0 Å². The molecule has 1 aliphatic carbocycles. The lowest BCUT2D eigenvalue weighted by molar-refractivity contribution is -0.149. The summed E-state index contributed by atoms with van der Waals surface area (Å²) in [6.07, 6.45) is 6.73. The maximum atomic E-state index is 12.4. The Balaban J connectivity index is 2.67. The Morgan fingerprint density at radius 3 is 2.36 bits per heavy atom. The van der Waals surface area contributed by atoms with E-state index in [1.165, 1.54) is 6.42 Å². The average Bonchev–Trinajstić information content (AvgIpc) is 2.53. The Morgan fingerprint density at radius 1 is 1.23 bits per heavy atom. The highest BCUT2D eigenvalue weighted by molar-refractivity contribution is 5.85. The molecule has 0 aromatic carbocycles. The summed E-state index contributed by atoms with van der Waals surface area (Å²) in [5.41, 5.74) is 5.85. The van der Waals surface area contributed by atoms with Crippen molar-refractivity contribution in [3.05, 3.63) is 0 Å². The lowest BCUT2D eigenvalue weighted by atomic mass is 9.71. The fraction of sp³-hybridized carbons (Fsp3) is 0.882. The van der Waals surface area contributed by atoms with Crippen molar-refractivity contribution in [3.8, 4) is 0 Å². The van der Waals surface area contributed by atoms with Gasteiger partial charge in [-0.05, 0) is 37.6 Å². The number of hydrogen-bond donors (Lipinski definition) is 2. The Hall–Kier alpha value is -1.10. The molecule has 0 radical (unpaired) electrons. The molecule has 2 atom stereocenters. The van der Waals surface area contributed by atoms with Gasteiger partial charge in [0.25, 0.3) is 0 Å². The topological polar surface area (TPSA) is 81.4 Å². The minimum Gasteiger partial charge on any atom is -0.464 e. The lowest BCUT2D eigenvalue weighted by Gasteiger charge is -2.36. The van der Waals surface area contributed by atoms with E-state index in [1.807, 2.05) is 13.8 Å². The van der Waals surface area contributed by atoms with Gasteiger partial charge >= 0.3 is 5.97 Å². The van der Waals surface area contributed by atoms with Crippen LogP contribution in [0.2, 0.25) is 0 Å². The van der Waals surface area contributed by atoms with Crippen molar-refractivity contribution >= 4 is 11.9 Å². The van der Waals surface area contributed by atoms with Crippen molar-refractivity contribution in [1.29, 1.82) is 0 Å². The van der Waals surface area contributed by atoms with Gasteiger partial charge in [0, 0.05) is 6.42 Å². The first-order chi connectivity index (χ1) is 10.5. The molecule has 0 aliphatic heterocycles. The highest BCUT2D eigenvalue weighted by atomic mass is 16.5. The molecule has 1 amide bonds. The summed E-state index contributed by atoms with van der Waals surface area (Å²) in [6, 6.07) is -0.559. The normalized spacial score (nSPS) is 20.0. The molecule has 3 N–H and O–H groups in total. The predicted molar refractivity (Wildman–Crippen MR) is 87.2 cm³/mol. The Labute approximate surface area is 134 Å². The van der Waals surface area contributed by atoms with Gasteiger partial charge in [-0.3, -0.25) is 4.79 Å². The fourth-order valence-electron chi connectivity index (χ4n) is 3.22. The first-order valence-corrected chi connectivity index (χ1v) is 8.64. The second kappa shape index (κ2) is 9.13. The van der Waals surface area contributed by atoms with Gasteiger partial charge in [0.1, 0.15) is 6.04 Å². The smallest absolute Gasteiger partial charge is 0.328 e. The zero-order valence-electron chi connectivity index (χ0n) is 14.3. The maximum absolute atomic E-state index is 12.4. The number of ether oxygens (including phenoxy) is 1. The molecule has 2 unspecified atom stereocenters. The summed E-state index contributed by atoms with van der Waals surface area (Å²) < 4.78 is 5.09. The average molecular weight is 312 g/mol. The third-order valence-electron chi connectivity index (χ3n) is 4.95. The van der Waals surface area contributed by atoms with Crippen LogP contribution >= 0.6 is 0 Å². The maximum Gasteiger partial charge on any atom is 0.328 e. The predicted octanol–water partition coefficient (Wildman–Crippen LogP) is 2.38. The molecule has 0 spiro atoms. The summed E-state index contributed by atoms with van der Waals surface area (Å²) in [6.45, 7) is 6.60. The monoisotopic (exact) mass is 312 g/mol. The molecule has 0 aromatic rings. The first kappa shape index (κ1) is 18.9. The molecule has 5 heteroatoms. The molecule has 0 bridgehead atoms. The van der Waals surface area contributed by atoms with Crippen LogP contribution in [-0.2, 0) is 14.3 Å². The van der Waals surface area contributed by atoms with Crippen LogP contribution in [-0.4, -0.2) is 31.1 Å². The fourth-order valence-corrected chi connectivity index (χ4v) is 3.22. The van der Waals surface area contributed by atoms with Gasteiger partial charge in [-0.1, -0.05) is 39.5 Å². The quantitative estimate of drug-likeness (QED) is 0.674. The molecule has 0 aromatic heterocycles. The van der Waals surface area contributed by atoms with Gasteiger partial charge in [-0.15, -0.1) is 0 Å². The summed E-state index contributed by atoms with van der Waals surface area (Å²) in [5.74, 6) is -0.357. The number of nitrogens with two attached hydrogens (primary N) is 1. The number of esters is 1. The Kier molecular flexibility index (Phi) is 7.87. The van der Waals surface area contributed by atoms with Gasteiger partial charge < -0.3 is 15.8 Å². The summed E-state index contributed by atoms with van der Waals surface area (Å²) in [4.78, 5) is 24.5. The second-order valence-corrected chi connectivity index (χ2v) is 6.62. The third kappa shape index (κ3) is 5.27. The molecular weight excluding hydrogens is 280 g/mol. The highest BCUT2D eigenvalue weighted by Crippen LogP contribution is 2.38. The molecule has 0 saturated heterocycles. The van der Waals surface area contributed by atoms with Crippen molar-refractivity contribution < 1.29 is 14.3 Å². The van der Waals surface area contributed by atoms with Gasteiger partial charge in [0.2, 0.25) is 5.91 Å². The molecule has 1 fully saturated rings. The minimum atomic E-state index is -0.559. The van der Waals surface area contributed by atoms with Crippen molar-refractivity contribution in [1.82, 2.24) is 5.32 Å². The van der Waals surface area contributed by atoms with E-state index in [0.29, 0.717) is 19.6 Å². The zero-order valence-corrected chi connectivity index (χ0v) is 14.3. The van der Waals surface area contributed by atoms with Crippen LogP contribution in [0, 0.1) is 11.3 Å². The molecule has 1 saturated carbocycles. The van der Waals surface area contributed by atoms with Crippen molar-refractivity contribution in [2.75, 3.05) is 13.2 Å². The van der Waals surface area contributed by atoms with E-state index in [9.17, 15) is 9.59 Å². The van der Waals surface area contributed by atoms with Crippen molar-refractivity contribution in [3.63, 3.8) is 0 Å². The van der Waals surface area contributed by atoms with Gasteiger partial charge in [-0.2, -0.15) is 0 Å². The largest absolute Gasteiger partial charge is 0.464 e. The van der Waals surface area contributed by atoms with Crippen LogP contribution in [0.3, 0.4) is 0 Å². The molecule has 22 heavy (non-hydrogen) atoms. The molecule has 5 nitrogen and oxygen atoms in total. The van der Waals surface area contributed by atoms with Crippen LogP contribution in [0.5, 0.6) is 0 Å². The van der Waals surface area contributed by atoms with Crippen molar-refractivity contribution in [2.24, 2.45) is 17.1 Å². The Morgan fingerprint density at radius 2 is 1.86 bits per heavy atom. The van der Waals surface area contributed by atoms with E-state index in [1.54, 1.807) is 6.92 Å². The van der Waals surface area contributed by atoms with E-state index < -0.39 is 6.04 Å². The van der Waals surface area contributed by atoms with Gasteiger partial charge in [0.05, 0.1) is 6.61 Å². The number of hydrogen-bond acceptors (Lipinski definition) is 4. The second-order valence-electron chi connectivity index (χ2n) is 6.62. The lowest BCUT2D eigenvalue weighted by Crippen LogP contribution is -2.48. The number of nitrogens with one attached hydrogen (secondary N) is 1. The van der Waals surface area contributed by atoms with Crippen LogP contribution in [0.25, 0.3) is 0 Å². The standard InChI is InChI=1S/C17H32N2O3/c1-4-13(3)15(16(21)22-5-2)19-14(20)11-17(12-18)9-7-6-8-10-17/h13,15H,4-12,18H2,1-3H3,(H,19,20). The van der Waals surface area contributed by atoms with E-state index in [-0.39, 0.29) is 23.2 Å². The van der Waals surface area contributed by atoms with Crippen LogP contribution in [0.15, 0.2) is 0 Å². The molecule has 1 rings (SSSR count). The number of rotatable bonds is 8. The number of carbonyl (C=O) groups excluding carboxylic acids is 2. The molecule has 0 heterocycles. The molecular formula is C17H32N2O3. The molecule has 1 aliphatic rings. The Bertz CT molecular complexity index is 365. The summed E-state index contributed by atoms with van der Waals surface area (Å²) >= 11 is 0. The van der Waals surface area contributed by atoms with Crippen LogP contribution < -0.4 is 11.1 Å². The number of carbonyl (C=O) groups is 2. The van der Waals surface area contributed by atoms with E-state index in [2.05, 4.69) is 5.32 Å².